The zero-order valence-electron chi connectivity index (χ0n) is 9.02. The summed E-state index contributed by atoms with van der Waals surface area (Å²) in [7, 11) is 1.77. The van der Waals surface area contributed by atoms with Crippen molar-refractivity contribution in [3.05, 3.63) is 44.6 Å². The third-order valence-electron chi connectivity index (χ3n) is 2.22. The first kappa shape index (κ1) is 12.4. The lowest BCUT2D eigenvalue weighted by Crippen LogP contribution is -2.04. The van der Waals surface area contributed by atoms with E-state index in [9.17, 15) is 4.79 Å². The van der Waals surface area contributed by atoms with Crippen LogP contribution in [0.1, 0.15) is 16.1 Å². The summed E-state index contributed by atoms with van der Waals surface area (Å²) >= 11 is 6.72. The summed E-state index contributed by atoms with van der Waals surface area (Å²) in [5.41, 5.74) is 1.33. The Bertz CT molecular complexity index is 566. The van der Waals surface area contributed by atoms with Gasteiger partial charge in [0.05, 0.1) is 12.1 Å². The maximum Gasteiger partial charge on any atom is 0.170 e. The zero-order chi connectivity index (χ0) is 12.4. The quantitative estimate of drug-likeness (QED) is 0.792. The Morgan fingerprint density at radius 3 is 2.76 bits per heavy atom. The van der Waals surface area contributed by atoms with Crippen LogP contribution in [0.15, 0.2) is 33.3 Å². The number of hydrogen-bond donors (Lipinski definition) is 0. The predicted molar refractivity (Wildman–Crippen MR) is 70.9 cm³/mol. The van der Waals surface area contributed by atoms with Crippen LogP contribution in [-0.4, -0.2) is 20.8 Å². The number of aromatic nitrogens is 3. The van der Waals surface area contributed by atoms with E-state index in [2.05, 4.69) is 42.2 Å². The molecular formula is C11H9Br2N3O. The van der Waals surface area contributed by atoms with E-state index in [1.807, 2.05) is 12.1 Å². The molecule has 0 unspecified atom stereocenters. The van der Waals surface area contributed by atoms with Gasteiger partial charge in [0.2, 0.25) is 0 Å². The molecule has 0 spiro atoms. The summed E-state index contributed by atoms with van der Waals surface area (Å²) < 4.78 is 3.29. The molecule has 0 aliphatic heterocycles. The molecule has 2 rings (SSSR count). The van der Waals surface area contributed by atoms with Gasteiger partial charge in [-0.2, -0.15) is 0 Å². The van der Waals surface area contributed by atoms with Crippen LogP contribution in [0, 0.1) is 0 Å². The van der Waals surface area contributed by atoms with Gasteiger partial charge in [-0.05, 0) is 18.2 Å². The summed E-state index contributed by atoms with van der Waals surface area (Å²) in [6.07, 6.45) is 2.00. The molecule has 1 heterocycles. The van der Waals surface area contributed by atoms with Crippen molar-refractivity contribution in [1.82, 2.24) is 15.0 Å². The van der Waals surface area contributed by atoms with Crippen LogP contribution >= 0.6 is 31.9 Å². The molecule has 0 atom stereocenters. The molecule has 0 amide bonds. The fourth-order valence-corrected chi connectivity index (χ4v) is 2.72. The van der Waals surface area contributed by atoms with Crippen LogP contribution in [0.4, 0.5) is 0 Å². The lowest BCUT2D eigenvalue weighted by molar-refractivity contribution is 0.0991. The lowest BCUT2D eigenvalue weighted by Gasteiger charge is -2.02. The summed E-state index contributed by atoms with van der Waals surface area (Å²) in [4.78, 5) is 12.0. The molecule has 1 aromatic carbocycles. The molecule has 0 radical (unpaired) electrons. The summed E-state index contributed by atoms with van der Waals surface area (Å²) in [5.74, 6) is 0.0184. The van der Waals surface area contributed by atoms with E-state index in [0.717, 1.165) is 8.95 Å². The number of carbonyl (C=O) groups excluding carboxylic acids is 1. The van der Waals surface area contributed by atoms with Crippen LogP contribution in [0.5, 0.6) is 0 Å². The molecule has 6 heteroatoms. The molecule has 88 valence electrons. The first-order chi connectivity index (χ1) is 8.06. The highest BCUT2D eigenvalue weighted by Crippen LogP contribution is 2.23. The number of aryl methyl sites for hydroxylation is 1. The van der Waals surface area contributed by atoms with Crippen molar-refractivity contribution in [3.8, 4) is 0 Å². The van der Waals surface area contributed by atoms with Crippen molar-refractivity contribution in [3.63, 3.8) is 0 Å². The topological polar surface area (TPSA) is 47.8 Å². The van der Waals surface area contributed by atoms with E-state index in [-0.39, 0.29) is 12.2 Å². The normalized spacial score (nSPS) is 10.5. The summed E-state index contributed by atoms with van der Waals surface area (Å²) in [5, 5.41) is 7.69. The third kappa shape index (κ3) is 3.01. The highest BCUT2D eigenvalue weighted by Gasteiger charge is 2.12. The Balaban J connectivity index is 2.20. The molecule has 0 fully saturated rings. The van der Waals surface area contributed by atoms with Crippen LogP contribution in [0.3, 0.4) is 0 Å². The highest BCUT2D eigenvalue weighted by molar-refractivity contribution is 9.11. The number of nitrogens with zero attached hydrogens (tertiary/aromatic N) is 3. The molecule has 0 bridgehead atoms. The van der Waals surface area contributed by atoms with Crippen molar-refractivity contribution < 1.29 is 4.79 Å². The van der Waals surface area contributed by atoms with E-state index >= 15 is 0 Å². The molecule has 1 aromatic heterocycles. The molecule has 2 aromatic rings. The van der Waals surface area contributed by atoms with Gasteiger partial charge in [-0.3, -0.25) is 9.48 Å². The zero-order valence-corrected chi connectivity index (χ0v) is 12.2. The van der Waals surface area contributed by atoms with Gasteiger partial charge in [0.1, 0.15) is 0 Å². The fourth-order valence-electron chi connectivity index (χ4n) is 1.45. The van der Waals surface area contributed by atoms with Crippen molar-refractivity contribution in [2.45, 2.75) is 6.42 Å². The van der Waals surface area contributed by atoms with E-state index in [1.54, 1.807) is 24.0 Å². The van der Waals surface area contributed by atoms with Gasteiger partial charge in [-0.1, -0.05) is 37.1 Å². The van der Waals surface area contributed by atoms with Gasteiger partial charge in [-0.15, -0.1) is 5.10 Å². The first-order valence-electron chi connectivity index (χ1n) is 4.89. The van der Waals surface area contributed by atoms with Gasteiger partial charge in [-0.25, -0.2) is 0 Å². The minimum Gasteiger partial charge on any atom is -0.294 e. The number of benzene rings is 1. The molecule has 4 nitrogen and oxygen atoms in total. The number of hydrogen-bond acceptors (Lipinski definition) is 3. The van der Waals surface area contributed by atoms with Crippen LogP contribution in [-0.2, 0) is 13.5 Å². The first-order valence-corrected chi connectivity index (χ1v) is 6.48. The van der Waals surface area contributed by atoms with E-state index in [4.69, 9.17) is 0 Å². The van der Waals surface area contributed by atoms with E-state index < -0.39 is 0 Å². The standard InChI is InChI=1S/C11H9Br2N3O/c1-16-6-8(14-15-16)5-11(17)9-3-2-7(12)4-10(9)13/h2-4,6H,5H2,1H3. The lowest BCUT2D eigenvalue weighted by atomic mass is 10.1. The van der Waals surface area contributed by atoms with Crippen molar-refractivity contribution in [1.29, 1.82) is 0 Å². The number of ketones is 1. The summed E-state index contributed by atoms with van der Waals surface area (Å²) in [6, 6.07) is 5.48. The van der Waals surface area contributed by atoms with Gasteiger partial charge >= 0.3 is 0 Å². The second-order valence-electron chi connectivity index (χ2n) is 3.61. The fraction of sp³-hybridized carbons (Fsp3) is 0.182. The van der Waals surface area contributed by atoms with Crippen molar-refractivity contribution in [2.75, 3.05) is 0 Å². The Kier molecular flexibility index (Phi) is 3.73. The smallest absolute Gasteiger partial charge is 0.170 e. The van der Waals surface area contributed by atoms with Gasteiger partial charge < -0.3 is 0 Å². The average Bonchev–Trinajstić information content (AvgIpc) is 2.63. The monoisotopic (exact) mass is 357 g/mol. The van der Waals surface area contributed by atoms with Gasteiger partial charge in [0.25, 0.3) is 0 Å². The van der Waals surface area contributed by atoms with Gasteiger partial charge in [0, 0.05) is 27.8 Å². The SMILES string of the molecule is Cn1cc(CC(=O)c2ccc(Br)cc2Br)nn1. The minimum absolute atomic E-state index is 0.0184. The maximum atomic E-state index is 12.0. The predicted octanol–water partition coefficient (Wildman–Crippen LogP) is 2.77. The molecule has 0 N–H and O–H groups in total. The maximum absolute atomic E-state index is 12.0. The van der Waals surface area contributed by atoms with E-state index in [1.165, 1.54) is 0 Å². The average molecular weight is 359 g/mol. The number of Topliss-reactive ketones (excluding diaryl/α,β-unsaturated/α-hetero) is 1. The minimum atomic E-state index is 0.0184. The summed E-state index contributed by atoms with van der Waals surface area (Å²) in [6.45, 7) is 0. The highest BCUT2D eigenvalue weighted by atomic mass is 79.9. The molecular weight excluding hydrogens is 350 g/mol. The van der Waals surface area contributed by atoms with Crippen LogP contribution < -0.4 is 0 Å². The van der Waals surface area contributed by atoms with Crippen molar-refractivity contribution in [2.24, 2.45) is 7.05 Å². The molecule has 17 heavy (non-hydrogen) atoms. The molecule has 0 aliphatic rings. The number of rotatable bonds is 3. The Morgan fingerprint density at radius 1 is 1.41 bits per heavy atom. The number of carbonyl (C=O) groups is 1. The second kappa shape index (κ2) is 5.10. The van der Waals surface area contributed by atoms with Crippen LogP contribution in [0.25, 0.3) is 0 Å². The number of halogens is 2. The molecule has 0 saturated heterocycles. The second-order valence-corrected chi connectivity index (χ2v) is 5.38. The van der Waals surface area contributed by atoms with Crippen LogP contribution in [0.2, 0.25) is 0 Å². The third-order valence-corrected chi connectivity index (χ3v) is 3.37. The Labute approximate surface area is 115 Å². The molecule has 0 aliphatic carbocycles. The largest absolute Gasteiger partial charge is 0.294 e. The van der Waals surface area contributed by atoms with Gasteiger partial charge in [0.15, 0.2) is 5.78 Å². The van der Waals surface area contributed by atoms with E-state index in [0.29, 0.717) is 11.3 Å². The molecule has 0 saturated carbocycles. The Morgan fingerprint density at radius 2 is 2.18 bits per heavy atom. The Hall–Kier alpha value is -1.01. The van der Waals surface area contributed by atoms with Crippen molar-refractivity contribution >= 4 is 37.6 Å².